The van der Waals surface area contributed by atoms with E-state index in [0.29, 0.717) is 6.42 Å². The van der Waals surface area contributed by atoms with Gasteiger partial charge in [-0.2, -0.15) is 0 Å². The summed E-state index contributed by atoms with van der Waals surface area (Å²) in [7, 11) is 1.87. The maximum absolute atomic E-state index is 12.9. The van der Waals surface area contributed by atoms with Gasteiger partial charge in [0.1, 0.15) is 5.82 Å². The van der Waals surface area contributed by atoms with E-state index in [1.165, 1.54) is 23.3 Å². The average molecular weight is 297 g/mol. The highest BCUT2D eigenvalue weighted by Gasteiger charge is 2.26. The molecule has 2 aromatic rings. The molecule has 2 nitrogen and oxygen atoms in total. The zero-order valence-electron chi connectivity index (χ0n) is 12.8. The van der Waals surface area contributed by atoms with Crippen LogP contribution >= 0.6 is 0 Å². The summed E-state index contributed by atoms with van der Waals surface area (Å²) in [5.74, 6) is -0.195. The molecule has 0 fully saturated rings. The summed E-state index contributed by atoms with van der Waals surface area (Å²) in [4.78, 5) is 14.4. The molecule has 1 unspecified atom stereocenters. The Kier molecular flexibility index (Phi) is 4.23. The molecule has 0 aliphatic heterocycles. The molecule has 3 rings (SSSR count). The number of aryl methyl sites for hydroxylation is 1. The molecule has 114 valence electrons. The second-order valence-electron chi connectivity index (χ2n) is 5.91. The predicted octanol–water partition coefficient (Wildman–Crippen LogP) is 3.90. The van der Waals surface area contributed by atoms with Crippen molar-refractivity contribution < 1.29 is 9.18 Å². The fraction of sp³-hybridized carbons (Fsp3) is 0.316. The Bertz CT molecular complexity index is 665. The summed E-state index contributed by atoms with van der Waals surface area (Å²) in [6.45, 7) is 0. The number of likely N-dealkylation sites (N-methyl/N-ethyl adjacent to an activating group) is 1. The van der Waals surface area contributed by atoms with Gasteiger partial charge >= 0.3 is 0 Å². The third-order valence-electron chi connectivity index (χ3n) is 4.47. The zero-order valence-corrected chi connectivity index (χ0v) is 12.8. The van der Waals surface area contributed by atoms with E-state index < -0.39 is 0 Å². The van der Waals surface area contributed by atoms with Crippen molar-refractivity contribution in [2.45, 2.75) is 31.7 Å². The lowest BCUT2D eigenvalue weighted by Gasteiger charge is -2.33. The molecule has 0 saturated heterocycles. The number of fused-ring (bicyclic) bond motifs is 1. The smallest absolute Gasteiger partial charge is 0.227 e. The van der Waals surface area contributed by atoms with Gasteiger partial charge in [-0.3, -0.25) is 4.79 Å². The van der Waals surface area contributed by atoms with Gasteiger partial charge in [-0.05, 0) is 48.1 Å². The van der Waals surface area contributed by atoms with Crippen molar-refractivity contribution in [1.82, 2.24) is 4.90 Å². The Labute approximate surface area is 130 Å². The molecular weight excluding hydrogens is 277 g/mol. The second-order valence-corrected chi connectivity index (χ2v) is 5.91. The molecule has 1 atom stereocenters. The van der Waals surface area contributed by atoms with Gasteiger partial charge in [0.05, 0.1) is 12.5 Å². The molecular formula is C19H20FNO. The second kappa shape index (κ2) is 6.30. The van der Waals surface area contributed by atoms with Gasteiger partial charge in [0.25, 0.3) is 0 Å². The van der Waals surface area contributed by atoms with Gasteiger partial charge in [-0.15, -0.1) is 0 Å². The van der Waals surface area contributed by atoms with Gasteiger partial charge in [-0.25, -0.2) is 4.39 Å². The number of halogens is 1. The number of hydrogen-bond donors (Lipinski definition) is 0. The summed E-state index contributed by atoms with van der Waals surface area (Å²) in [5, 5.41) is 0. The molecule has 2 aromatic carbocycles. The van der Waals surface area contributed by atoms with Crippen LogP contribution in [0.2, 0.25) is 0 Å². The summed E-state index contributed by atoms with van der Waals surface area (Å²) in [5.41, 5.74) is 3.46. The fourth-order valence-electron chi connectivity index (χ4n) is 3.21. The molecule has 1 amide bonds. The average Bonchev–Trinajstić information content (AvgIpc) is 2.55. The third-order valence-corrected chi connectivity index (χ3v) is 4.47. The van der Waals surface area contributed by atoms with E-state index in [1.807, 2.05) is 18.0 Å². The van der Waals surface area contributed by atoms with Crippen molar-refractivity contribution in [1.29, 1.82) is 0 Å². The minimum atomic E-state index is -0.272. The lowest BCUT2D eigenvalue weighted by atomic mass is 9.87. The molecule has 0 bridgehead atoms. The molecule has 1 aliphatic carbocycles. The number of nitrogens with zero attached hydrogens (tertiary/aromatic N) is 1. The maximum atomic E-state index is 12.9. The Balaban J connectivity index is 1.75. The largest absolute Gasteiger partial charge is 0.338 e. The quantitative estimate of drug-likeness (QED) is 0.841. The van der Waals surface area contributed by atoms with Crippen molar-refractivity contribution in [3.05, 3.63) is 71.0 Å². The first kappa shape index (κ1) is 14.8. The van der Waals surface area contributed by atoms with Crippen molar-refractivity contribution in [3.8, 4) is 0 Å². The zero-order chi connectivity index (χ0) is 15.5. The van der Waals surface area contributed by atoms with Crippen molar-refractivity contribution in [2.75, 3.05) is 7.05 Å². The van der Waals surface area contributed by atoms with Crippen LogP contribution in [0.25, 0.3) is 0 Å². The molecule has 1 aliphatic rings. The molecule has 22 heavy (non-hydrogen) atoms. The Hall–Kier alpha value is -2.16. The van der Waals surface area contributed by atoms with Crippen molar-refractivity contribution >= 4 is 5.91 Å². The van der Waals surface area contributed by atoms with Gasteiger partial charge < -0.3 is 4.90 Å². The topological polar surface area (TPSA) is 20.3 Å². The normalized spacial score (nSPS) is 16.9. The van der Waals surface area contributed by atoms with Crippen LogP contribution in [0.1, 0.15) is 35.6 Å². The van der Waals surface area contributed by atoms with E-state index in [2.05, 4.69) is 18.2 Å². The first-order chi connectivity index (χ1) is 10.6. The van der Waals surface area contributed by atoms with Crippen LogP contribution in [-0.4, -0.2) is 17.9 Å². The van der Waals surface area contributed by atoms with Crippen molar-refractivity contribution in [3.63, 3.8) is 0 Å². The van der Waals surface area contributed by atoms with E-state index in [1.54, 1.807) is 12.1 Å². The molecule has 3 heteroatoms. The summed E-state index contributed by atoms with van der Waals surface area (Å²) in [6.07, 6.45) is 3.51. The lowest BCUT2D eigenvalue weighted by molar-refractivity contribution is -0.131. The predicted molar refractivity (Wildman–Crippen MR) is 85.0 cm³/mol. The van der Waals surface area contributed by atoms with Gasteiger partial charge in [0.2, 0.25) is 5.91 Å². The number of hydrogen-bond acceptors (Lipinski definition) is 1. The highest BCUT2D eigenvalue weighted by molar-refractivity contribution is 5.79. The SMILES string of the molecule is CN(C(=O)Cc1ccc(F)cc1)C1CCCc2ccccc21. The maximum Gasteiger partial charge on any atom is 0.227 e. The third kappa shape index (κ3) is 3.03. The molecule has 0 N–H and O–H groups in total. The van der Waals surface area contributed by atoms with Gasteiger partial charge in [0.15, 0.2) is 0 Å². The minimum absolute atomic E-state index is 0.0771. The number of amides is 1. The molecule has 0 spiro atoms. The Morgan fingerprint density at radius 3 is 2.68 bits per heavy atom. The molecule has 0 saturated carbocycles. The summed E-state index contributed by atoms with van der Waals surface area (Å²) >= 11 is 0. The molecule has 0 aromatic heterocycles. The first-order valence-electron chi connectivity index (χ1n) is 7.73. The summed E-state index contributed by atoms with van der Waals surface area (Å²) in [6, 6.07) is 14.7. The number of carbonyl (C=O) groups is 1. The fourth-order valence-corrected chi connectivity index (χ4v) is 3.21. The summed E-state index contributed by atoms with van der Waals surface area (Å²) < 4.78 is 12.9. The van der Waals surface area contributed by atoms with E-state index in [4.69, 9.17) is 0 Å². The van der Waals surface area contributed by atoms with Crippen LogP contribution < -0.4 is 0 Å². The number of benzene rings is 2. The number of carbonyl (C=O) groups excluding carboxylic acids is 1. The monoisotopic (exact) mass is 297 g/mol. The van der Waals surface area contributed by atoms with Gasteiger partial charge in [0, 0.05) is 7.05 Å². The van der Waals surface area contributed by atoms with E-state index in [9.17, 15) is 9.18 Å². The van der Waals surface area contributed by atoms with E-state index in [0.717, 1.165) is 24.8 Å². The molecule has 0 radical (unpaired) electrons. The Morgan fingerprint density at radius 1 is 1.18 bits per heavy atom. The van der Waals surface area contributed by atoms with Crippen LogP contribution in [-0.2, 0) is 17.6 Å². The van der Waals surface area contributed by atoms with Gasteiger partial charge in [-0.1, -0.05) is 36.4 Å². The number of rotatable bonds is 3. The lowest BCUT2D eigenvalue weighted by Crippen LogP contribution is -2.34. The Morgan fingerprint density at radius 2 is 1.91 bits per heavy atom. The minimum Gasteiger partial charge on any atom is -0.338 e. The molecule has 0 heterocycles. The standard InChI is InChI=1S/C19H20FNO/c1-21(19(22)13-14-9-11-16(20)12-10-14)18-8-4-6-15-5-2-3-7-17(15)18/h2-3,5,7,9-12,18H,4,6,8,13H2,1H3. The van der Waals surface area contributed by atoms with Crippen molar-refractivity contribution in [2.24, 2.45) is 0 Å². The first-order valence-corrected chi connectivity index (χ1v) is 7.73. The van der Waals surface area contributed by atoms with E-state index in [-0.39, 0.29) is 17.8 Å². The van der Waals surface area contributed by atoms with Crippen LogP contribution in [0.15, 0.2) is 48.5 Å². The highest BCUT2D eigenvalue weighted by Crippen LogP contribution is 2.33. The van der Waals surface area contributed by atoms with Crippen LogP contribution in [0.4, 0.5) is 4.39 Å². The van der Waals surface area contributed by atoms with Crippen LogP contribution in [0.5, 0.6) is 0 Å². The van der Waals surface area contributed by atoms with Crippen LogP contribution in [0.3, 0.4) is 0 Å². The van der Waals surface area contributed by atoms with Crippen LogP contribution in [0, 0.1) is 5.82 Å². The highest BCUT2D eigenvalue weighted by atomic mass is 19.1. The van der Waals surface area contributed by atoms with E-state index >= 15 is 0 Å².